The first-order valence-electron chi connectivity index (χ1n) is 6.17. The second-order valence-electron chi connectivity index (χ2n) is 5.50. The number of halogens is 1. The lowest BCUT2D eigenvalue weighted by Gasteiger charge is -2.27. The van der Waals surface area contributed by atoms with Crippen molar-refractivity contribution in [2.24, 2.45) is 5.41 Å². The maximum Gasteiger partial charge on any atom is 0.326 e. The zero-order chi connectivity index (χ0) is 15.3. The molecule has 0 radical (unpaired) electrons. The first-order chi connectivity index (χ1) is 9.21. The van der Waals surface area contributed by atoms with Gasteiger partial charge in [-0.05, 0) is 17.6 Å². The van der Waals surface area contributed by atoms with Crippen molar-refractivity contribution in [2.75, 3.05) is 0 Å². The van der Waals surface area contributed by atoms with Gasteiger partial charge in [0.05, 0.1) is 0 Å². The molecule has 2 N–H and O–H groups in total. The molecule has 1 aromatic carbocycles. The number of rotatable bonds is 4. The standard InChI is InChI=1S/C15H18FNO3/c1-15(2,3)13(14(19)20)17-12(18)9-8-10-6-4-5-7-11(10)16/h4-9,13H,1-3H3,(H,17,18)(H,19,20)/b9-8+/t13-/m1/s1. The van der Waals surface area contributed by atoms with Crippen molar-refractivity contribution in [3.05, 3.63) is 41.7 Å². The lowest BCUT2D eigenvalue weighted by atomic mass is 9.87. The topological polar surface area (TPSA) is 66.4 Å². The third-order valence-corrected chi connectivity index (χ3v) is 2.72. The van der Waals surface area contributed by atoms with Gasteiger partial charge in [0.2, 0.25) is 5.91 Å². The Bertz CT molecular complexity index is 532. The number of benzene rings is 1. The Balaban J connectivity index is 2.77. The van der Waals surface area contributed by atoms with Gasteiger partial charge in [0.25, 0.3) is 0 Å². The molecule has 0 bridgehead atoms. The maximum atomic E-state index is 13.3. The second kappa shape index (κ2) is 6.32. The molecule has 0 heterocycles. The van der Waals surface area contributed by atoms with Gasteiger partial charge < -0.3 is 10.4 Å². The third kappa shape index (κ3) is 4.50. The zero-order valence-corrected chi connectivity index (χ0v) is 11.7. The van der Waals surface area contributed by atoms with Gasteiger partial charge in [0, 0.05) is 11.6 Å². The smallest absolute Gasteiger partial charge is 0.326 e. The minimum atomic E-state index is -1.11. The van der Waals surface area contributed by atoms with E-state index in [2.05, 4.69) is 5.32 Å². The van der Waals surface area contributed by atoms with E-state index in [1.807, 2.05) is 0 Å². The summed E-state index contributed by atoms with van der Waals surface area (Å²) < 4.78 is 13.3. The Labute approximate surface area is 117 Å². The number of amides is 1. The molecule has 1 atom stereocenters. The Morgan fingerprint density at radius 1 is 1.30 bits per heavy atom. The summed E-state index contributed by atoms with van der Waals surface area (Å²) >= 11 is 0. The van der Waals surface area contributed by atoms with Crippen LogP contribution in [0.25, 0.3) is 6.08 Å². The highest BCUT2D eigenvalue weighted by Gasteiger charge is 2.31. The molecule has 0 fully saturated rings. The Kier molecular flexibility index (Phi) is 5.02. The van der Waals surface area contributed by atoms with Crippen LogP contribution in [0.2, 0.25) is 0 Å². The number of carboxylic acids is 1. The van der Waals surface area contributed by atoms with Gasteiger partial charge in [0.1, 0.15) is 11.9 Å². The molecule has 0 saturated carbocycles. The average molecular weight is 279 g/mol. The second-order valence-corrected chi connectivity index (χ2v) is 5.50. The Morgan fingerprint density at radius 3 is 2.40 bits per heavy atom. The summed E-state index contributed by atoms with van der Waals surface area (Å²) in [5.74, 6) is -2.12. The fourth-order valence-electron chi connectivity index (χ4n) is 1.61. The van der Waals surface area contributed by atoms with Crippen LogP contribution in [-0.4, -0.2) is 23.0 Å². The summed E-state index contributed by atoms with van der Waals surface area (Å²) in [5, 5.41) is 11.5. The van der Waals surface area contributed by atoms with Gasteiger partial charge >= 0.3 is 5.97 Å². The quantitative estimate of drug-likeness (QED) is 0.832. The zero-order valence-electron chi connectivity index (χ0n) is 11.7. The van der Waals surface area contributed by atoms with Crippen LogP contribution in [0.5, 0.6) is 0 Å². The lowest BCUT2D eigenvalue weighted by molar-refractivity contribution is -0.144. The number of aliphatic carboxylic acids is 1. The Morgan fingerprint density at radius 2 is 1.90 bits per heavy atom. The fourth-order valence-corrected chi connectivity index (χ4v) is 1.61. The minimum absolute atomic E-state index is 0.269. The fraction of sp³-hybridized carbons (Fsp3) is 0.333. The van der Waals surface area contributed by atoms with Gasteiger partial charge in [-0.1, -0.05) is 39.0 Å². The van der Waals surface area contributed by atoms with Crippen molar-refractivity contribution in [3.63, 3.8) is 0 Å². The summed E-state index contributed by atoms with van der Waals surface area (Å²) in [7, 11) is 0. The van der Waals surface area contributed by atoms with Crippen LogP contribution in [0.15, 0.2) is 30.3 Å². The molecule has 1 rings (SSSR count). The third-order valence-electron chi connectivity index (χ3n) is 2.72. The molecular weight excluding hydrogens is 261 g/mol. The van der Waals surface area contributed by atoms with Gasteiger partial charge in [-0.3, -0.25) is 4.79 Å². The van der Waals surface area contributed by atoms with E-state index in [9.17, 15) is 14.0 Å². The van der Waals surface area contributed by atoms with Crippen molar-refractivity contribution < 1.29 is 19.1 Å². The van der Waals surface area contributed by atoms with Gasteiger partial charge in [0.15, 0.2) is 0 Å². The molecule has 1 aromatic rings. The first-order valence-corrected chi connectivity index (χ1v) is 6.17. The van der Waals surface area contributed by atoms with E-state index < -0.39 is 29.2 Å². The summed E-state index contributed by atoms with van der Waals surface area (Å²) in [5.41, 5.74) is -0.349. The number of carbonyl (C=O) groups is 2. The van der Waals surface area contributed by atoms with E-state index >= 15 is 0 Å². The molecule has 1 amide bonds. The normalized spacial score (nSPS) is 13.2. The van der Waals surface area contributed by atoms with E-state index in [1.54, 1.807) is 32.9 Å². The number of carbonyl (C=O) groups excluding carboxylic acids is 1. The number of carboxylic acid groups (broad SMARTS) is 1. The number of hydrogen-bond acceptors (Lipinski definition) is 2. The van der Waals surface area contributed by atoms with Crippen LogP contribution < -0.4 is 5.32 Å². The van der Waals surface area contributed by atoms with Crippen molar-refractivity contribution in [1.29, 1.82) is 0 Å². The molecule has 4 nitrogen and oxygen atoms in total. The van der Waals surface area contributed by atoms with Crippen molar-refractivity contribution in [2.45, 2.75) is 26.8 Å². The molecule has 0 aliphatic carbocycles. The van der Waals surface area contributed by atoms with Crippen LogP contribution in [0.4, 0.5) is 4.39 Å². The average Bonchev–Trinajstić information content (AvgIpc) is 2.33. The molecule has 20 heavy (non-hydrogen) atoms. The molecule has 0 unspecified atom stereocenters. The van der Waals surface area contributed by atoms with Gasteiger partial charge in [-0.15, -0.1) is 0 Å². The van der Waals surface area contributed by atoms with Crippen LogP contribution in [0.1, 0.15) is 26.3 Å². The van der Waals surface area contributed by atoms with Gasteiger partial charge in [-0.2, -0.15) is 0 Å². The molecule has 0 aliphatic rings. The first kappa shape index (κ1) is 15.9. The van der Waals surface area contributed by atoms with E-state index in [0.29, 0.717) is 0 Å². The van der Waals surface area contributed by atoms with Crippen LogP contribution in [0, 0.1) is 11.2 Å². The largest absolute Gasteiger partial charge is 0.480 e. The molecule has 0 saturated heterocycles. The molecule has 0 aromatic heterocycles. The minimum Gasteiger partial charge on any atom is -0.480 e. The van der Waals surface area contributed by atoms with Crippen molar-refractivity contribution in [3.8, 4) is 0 Å². The van der Waals surface area contributed by atoms with Crippen molar-refractivity contribution >= 4 is 18.0 Å². The SMILES string of the molecule is CC(C)(C)[C@H](NC(=O)/C=C/c1ccccc1F)C(=O)O. The molecule has 108 valence electrons. The van der Waals surface area contributed by atoms with E-state index in [-0.39, 0.29) is 5.56 Å². The summed E-state index contributed by atoms with van der Waals surface area (Å²) in [6.07, 6.45) is 2.44. The van der Waals surface area contributed by atoms with Crippen LogP contribution >= 0.6 is 0 Å². The molecular formula is C15H18FNO3. The molecule has 5 heteroatoms. The maximum absolute atomic E-state index is 13.3. The highest BCUT2D eigenvalue weighted by atomic mass is 19.1. The lowest BCUT2D eigenvalue weighted by Crippen LogP contribution is -2.48. The molecule has 0 aliphatic heterocycles. The van der Waals surface area contributed by atoms with E-state index in [4.69, 9.17) is 5.11 Å². The summed E-state index contributed by atoms with van der Waals surface area (Å²) in [6.45, 7) is 5.14. The van der Waals surface area contributed by atoms with Gasteiger partial charge in [-0.25, -0.2) is 9.18 Å². The summed E-state index contributed by atoms with van der Waals surface area (Å²) in [6, 6.07) is 4.99. The molecule has 0 spiro atoms. The number of nitrogens with one attached hydrogen (secondary N) is 1. The van der Waals surface area contributed by atoms with E-state index in [0.717, 1.165) is 6.08 Å². The van der Waals surface area contributed by atoms with Crippen LogP contribution in [-0.2, 0) is 9.59 Å². The summed E-state index contributed by atoms with van der Waals surface area (Å²) in [4.78, 5) is 22.8. The monoisotopic (exact) mass is 279 g/mol. The highest BCUT2D eigenvalue weighted by Crippen LogP contribution is 2.19. The van der Waals surface area contributed by atoms with E-state index in [1.165, 1.54) is 18.2 Å². The van der Waals surface area contributed by atoms with Crippen LogP contribution in [0.3, 0.4) is 0 Å². The predicted octanol–water partition coefficient (Wildman–Crippen LogP) is 2.45. The van der Waals surface area contributed by atoms with Crippen molar-refractivity contribution in [1.82, 2.24) is 5.32 Å². The predicted molar refractivity (Wildman–Crippen MR) is 74.5 cm³/mol. The highest BCUT2D eigenvalue weighted by molar-refractivity contribution is 5.94. The number of hydrogen-bond donors (Lipinski definition) is 2. The Hall–Kier alpha value is -2.17.